The molecule has 3 heterocycles. The molecule has 9 nitrogen and oxygen atoms in total. The molecule has 1 saturated heterocycles. The molecule has 198 valence electrons. The molecule has 0 unspecified atom stereocenters. The molecular formula is C26H26F3N7O2. The largest absolute Gasteiger partial charge is 0.573 e. The number of piperazine rings is 1. The second kappa shape index (κ2) is 11.9. The Morgan fingerprint density at radius 1 is 1.05 bits per heavy atom. The first-order valence-electron chi connectivity index (χ1n) is 11.9. The predicted molar refractivity (Wildman–Crippen MR) is 135 cm³/mol. The van der Waals surface area contributed by atoms with Gasteiger partial charge in [0.2, 0.25) is 0 Å². The molecule has 3 aromatic rings. The summed E-state index contributed by atoms with van der Waals surface area (Å²) in [6, 6.07) is 5.78. The van der Waals surface area contributed by atoms with Gasteiger partial charge in [-0.05, 0) is 24.6 Å². The Bertz CT molecular complexity index is 1330. The molecular weight excluding hydrogens is 499 g/mol. The zero-order chi connectivity index (χ0) is 27.1. The van der Waals surface area contributed by atoms with Crippen molar-refractivity contribution in [2.24, 2.45) is 0 Å². The quantitative estimate of drug-likeness (QED) is 0.473. The van der Waals surface area contributed by atoms with E-state index in [1.807, 2.05) is 0 Å². The molecule has 1 aliphatic rings. The highest BCUT2D eigenvalue weighted by atomic mass is 19.4. The van der Waals surface area contributed by atoms with E-state index in [0.29, 0.717) is 23.4 Å². The Morgan fingerprint density at radius 3 is 2.50 bits per heavy atom. The number of halogens is 3. The van der Waals surface area contributed by atoms with Gasteiger partial charge in [-0.15, -0.1) is 13.2 Å². The molecule has 3 N–H and O–H groups in total. The van der Waals surface area contributed by atoms with Crippen molar-refractivity contribution in [1.82, 2.24) is 24.8 Å². The third-order valence-corrected chi connectivity index (χ3v) is 5.86. The van der Waals surface area contributed by atoms with Gasteiger partial charge in [-0.25, -0.2) is 9.97 Å². The number of pyridine rings is 1. The van der Waals surface area contributed by atoms with Gasteiger partial charge >= 0.3 is 6.36 Å². The summed E-state index contributed by atoms with van der Waals surface area (Å²) in [4.78, 5) is 29.2. The minimum atomic E-state index is -4.87. The van der Waals surface area contributed by atoms with E-state index in [9.17, 15) is 18.0 Å². The molecule has 0 bridgehead atoms. The number of anilines is 2. The second-order valence-corrected chi connectivity index (χ2v) is 8.57. The molecule has 0 saturated carbocycles. The van der Waals surface area contributed by atoms with Crippen molar-refractivity contribution in [2.75, 3.05) is 43.8 Å². The number of rotatable bonds is 6. The molecule has 0 spiro atoms. The summed E-state index contributed by atoms with van der Waals surface area (Å²) in [6.07, 6.45) is 0.728. The number of aromatic nitrogens is 3. The number of nitrogens with zero attached hydrogens (tertiary/aromatic N) is 5. The highest BCUT2D eigenvalue weighted by Gasteiger charge is 2.32. The van der Waals surface area contributed by atoms with E-state index in [1.54, 1.807) is 6.07 Å². The zero-order valence-electron chi connectivity index (χ0n) is 20.6. The molecule has 12 heteroatoms. The number of alkyl halides is 3. The molecule has 1 amide bonds. The number of carbonyl (C=O) groups is 1. The van der Waals surface area contributed by atoms with Crippen molar-refractivity contribution in [2.45, 2.75) is 19.8 Å². The highest BCUT2D eigenvalue weighted by molar-refractivity contribution is 6.04. The van der Waals surface area contributed by atoms with Crippen LogP contribution in [0.3, 0.4) is 0 Å². The van der Waals surface area contributed by atoms with Crippen LogP contribution in [-0.2, 0) is 6.54 Å². The normalized spacial score (nSPS) is 14.4. The number of nitrogen functional groups attached to an aromatic ring is 1. The minimum absolute atomic E-state index is 0.155. The van der Waals surface area contributed by atoms with E-state index in [0.717, 1.165) is 32.7 Å². The van der Waals surface area contributed by atoms with Crippen LogP contribution in [0.1, 0.15) is 34.1 Å². The molecule has 0 aliphatic carbocycles. The monoisotopic (exact) mass is 525 g/mol. The van der Waals surface area contributed by atoms with Crippen molar-refractivity contribution in [1.29, 1.82) is 0 Å². The van der Waals surface area contributed by atoms with Gasteiger partial charge in [0.1, 0.15) is 17.3 Å². The topological polar surface area (TPSA) is 110 Å². The van der Waals surface area contributed by atoms with Crippen molar-refractivity contribution < 1.29 is 22.7 Å². The number of carbonyl (C=O) groups excluding carboxylic acids is 1. The number of amides is 1. The van der Waals surface area contributed by atoms with Crippen LogP contribution in [0.25, 0.3) is 0 Å². The molecule has 1 aromatic carbocycles. The van der Waals surface area contributed by atoms with Crippen LogP contribution in [0, 0.1) is 11.8 Å². The Morgan fingerprint density at radius 2 is 1.82 bits per heavy atom. The van der Waals surface area contributed by atoms with Gasteiger partial charge in [0.25, 0.3) is 5.91 Å². The summed E-state index contributed by atoms with van der Waals surface area (Å²) >= 11 is 0. The molecule has 0 radical (unpaired) electrons. The number of hydrogen-bond acceptors (Lipinski definition) is 8. The second-order valence-electron chi connectivity index (χ2n) is 8.57. The molecule has 2 aromatic heterocycles. The Hall–Kier alpha value is -4.21. The van der Waals surface area contributed by atoms with Crippen LogP contribution < -0.4 is 15.8 Å². The number of benzene rings is 1. The number of nitrogens with one attached hydrogen (secondary N) is 1. The fourth-order valence-electron chi connectivity index (χ4n) is 3.86. The van der Waals surface area contributed by atoms with Gasteiger partial charge in [-0.2, -0.15) is 0 Å². The van der Waals surface area contributed by atoms with Crippen molar-refractivity contribution in [3.63, 3.8) is 0 Å². The number of ether oxygens (including phenoxy) is 1. The van der Waals surface area contributed by atoms with E-state index < -0.39 is 12.3 Å². The summed E-state index contributed by atoms with van der Waals surface area (Å²) in [6.45, 7) is 6.52. The average molecular weight is 526 g/mol. The van der Waals surface area contributed by atoms with Gasteiger partial charge in [-0.3, -0.25) is 14.7 Å². The van der Waals surface area contributed by atoms with Gasteiger partial charge in [0.15, 0.2) is 0 Å². The van der Waals surface area contributed by atoms with Crippen LogP contribution in [-0.4, -0.2) is 69.7 Å². The number of likely N-dealkylation sites (N-methyl/N-ethyl adjacent to an activating group) is 1. The average Bonchev–Trinajstić information content (AvgIpc) is 2.89. The third kappa shape index (κ3) is 7.64. The van der Waals surface area contributed by atoms with Crippen molar-refractivity contribution in [3.8, 4) is 17.6 Å². The first-order valence-corrected chi connectivity index (χ1v) is 11.9. The maximum Gasteiger partial charge on any atom is 0.573 e. The van der Waals surface area contributed by atoms with E-state index in [4.69, 9.17) is 5.73 Å². The molecule has 1 fully saturated rings. The van der Waals surface area contributed by atoms with Gasteiger partial charge in [-0.1, -0.05) is 18.9 Å². The summed E-state index contributed by atoms with van der Waals surface area (Å²) in [7, 11) is 0. The maximum atomic E-state index is 13.1. The summed E-state index contributed by atoms with van der Waals surface area (Å²) in [5, 5.41) is 2.60. The Balaban J connectivity index is 1.48. The van der Waals surface area contributed by atoms with E-state index in [2.05, 4.69) is 53.6 Å². The predicted octanol–water partition coefficient (Wildman–Crippen LogP) is 3.14. The summed E-state index contributed by atoms with van der Waals surface area (Å²) in [5.74, 6) is 4.99. The zero-order valence-corrected chi connectivity index (χ0v) is 20.6. The molecule has 4 rings (SSSR count). The standard InChI is InChI=1S/C26H26F3N7O2/c1-2-35-7-9-36(10-8-35)17-19-4-6-21(12-23(19)38-26(27,28)29)34-25(37)20-11-18(13-31-14-20)3-5-22-15-33-24(30)16-32-22/h4,6,11-16H,2,7-10,17H2,1H3,(H2,30,33)(H,34,37). The van der Waals surface area contributed by atoms with Gasteiger partial charge < -0.3 is 20.7 Å². The maximum absolute atomic E-state index is 13.1. The van der Waals surface area contributed by atoms with Gasteiger partial charge in [0.05, 0.1) is 18.0 Å². The van der Waals surface area contributed by atoms with E-state index >= 15 is 0 Å². The lowest BCUT2D eigenvalue weighted by molar-refractivity contribution is -0.275. The van der Waals surface area contributed by atoms with Gasteiger partial charge in [0, 0.05) is 68.0 Å². The highest BCUT2D eigenvalue weighted by Crippen LogP contribution is 2.30. The number of hydrogen-bond donors (Lipinski definition) is 2. The van der Waals surface area contributed by atoms with E-state index in [-0.39, 0.29) is 22.8 Å². The Labute approximate surface area is 217 Å². The fourth-order valence-corrected chi connectivity index (χ4v) is 3.86. The van der Waals surface area contributed by atoms with E-state index in [1.165, 1.54) is 43.0 Å². The van der Waals surface area contributed by atoms with Crippen LogP contribution in [0.2, 0.25) is 0 Å². The minimum Gasteiger partial charge on any atom is -0.405 e. The smallest absolute Gasteiger partial charge is 0.405 e. The molecule has 38 heavy (non-hydrogen) atoms. The lowest BCUT2D eigenvalue weighted by Gasteiger charge is -2.34. The third-order valence-electron chi connectivity index (χ3n) is 5.86. The summed E-state index contributed by atoms with van der Waals surface area (Å²) < 4.78 is 43.8. The van der Waals surface area contributed by atoms with Crippen LogP contribution in [0.15, 0.2) is 49.1 Å². The first-order chi connectivity index (χ1) is 18.2. The van der Waals surface area contributed by atoms with Crippen LogP contribution >= 0.6 is 0 Å². The van der Waals surface area contributed by atoms with Crippen LogP contribution in [0.4, 0.5) is 24.7 Å². The van der Waals surface area contributed by atoms with Crippen LogP contribution in [0.5, 0.6) is 5.75 Å². The summed E-state index contributed by atoms with van der Waals surface area (Å²) in [5.41, 5.74) is 7.05. The molecule has 1 aliphatic heterocycles. The van der Waals surface area contributed by atoms with Crippen molar-refractivity contribution in [3.05, 3.63) is 71.4 Å². The van der Waals surface area contributed by atoms with Crippen molar-refractivity contribution >= 4 is 17.4 Å². The first kappa shape index (κ1) is 26.8. The Kier molecular flexibility index (Phi) is 8.40. The lowest BCUT2D eigenvalue weighted by Crippen LogP contribution is -2.45. The lowest BCUT2D eigenvalue weighted by atomic mass is 10.1. The number of nitrogens with two attached hydrogens (primary N) is 1. The SMILES string of the molecule is CCN1CCN(Cc2ccc(NC(=O)c3cncc(C#Cc4cnc(N)cn4)c3)cc2OC(F)(F)F)CC1. The fraction of sp³-hybridized carbons (Fsp3) is 0.308. The molecule has 0 atom stereocenters.